The van der Waals surface area contributed by atoms with Gasteiger partial charge in [-0.15, -0.1) is 0 Å². The predicted octanol–water partition coefficient (Wildman–Crippen LogP) is 3.17. The Bertz CT molecular complexity index is 680. The van der Waals surface area contributed by atoms with Crippen LogP contribution in [0.4, 0.5) is 0 Å². The minimum absolute atomic E-state index is 0.0569. The van der Waals surface area contributed by atoms with Crippen molar-refractivity contribution < 1.29 is 4.79 Å². The van der Waals surface area contributed by atoms with E-state index in [4.69, 9.17) is 0 Å². The van der Waals surface area contributed by atoms with Crippen LogP contribution in [0.3, 0.4) is 0 Å². The van der Waals surface area contributed by atoms with Crippen molar-refractivity contribution in [2.45, 2.75) is 44.1 Å². The van der Waals surface area contributed by atoms with Crippen molar-refractivity contribution in [1.82, 2.24) is 14.5 Å². The van der Waals surface area contributed by atoms with Crippen molar-refractivity contribution in [1.29, 1.82) is 0 Å². The Morgan fingerprint density at radius 2 is 2.09 bits per heavy atom. The average molecular weight is 309 g/mol. The Morgan fingerprint density at radius 3 is 2.96 bits per heavy atom. The molecule has 1 aromatic carbocycles. The third-order valence-corrected chi connectivity index (χ3v) is 5.32. The van der Waals surface area contributed by atoms with Crippen LogP contribution >= 0.6 is 0 Å². The first-order valence-electron chi connectivity index (χ1n) is 8.67. The van der Waals surface area contributed by atoms with Crippen molar-refractivity contribution in [3.05, 3.63) is 54.1 Å². The summed E-state index contributed by atoms with van der Waals surface area (Å²) in [7, 11) is 0. The Morgan fingerprint density at radius 1 is 1.17 bits per heavy atom. The average Bonchev–Trinajstić information content (AvgIpc) is 3.15. The molecule has 0 saturated carbocycles. The van der Waals surface area contributed by atoms with E-state index in [9.17, 15) is 4.79 Å². The van der Waals surface area contributed by atoms with E-state index in [1.807, 2.05) is 18.7 Å². The molecule has 2 atom stereocenters. The molecule has 1 saturated heterocycles. The highest BCUT2D eigenvalue weighted by molar-refractivity contribution is 5.84. The van der Waals surface area contributed by atoms with E-state index in [0.29, 0.717) is 11.9 Å². The summed E-state index contributed by atoms with van der Waals surface area (Å²) in [6.45, 7) is 1.70. The van der Waals surface area contributed by atoms with Crippen LogP contribution < -0.4 is 0 Å². The zero-order valence-electron chi connectivity index (χ0n) is 13.4. The molecular weight excluding hydrogens is 286 g/mol. The number of aromatic nitrogens is 2. The Hall–Kier alpha value is -2.10. The second-order valence-corrected chi connectivity index (χ2v) is 6.73. The van der Waals surface area contributed by atoms with Crippen LogP contribution in [0.5, 0.6) is 0 Å². The highest BCUT2D eigenvalue weighted by Crippen LogP contribution is 2.34. The molecule has 2 heterocycles. The second-order valence-electron chi connectivity index (χ2n) is 6.73. The number of piperidine rings is 1. The molecule has 4 rings (SSSR count). The summed E-state index contributed by atoms with van der Waals surface area (Å²) in [5.41, 5.74) is 2.62. The molecule has 0 bridgehead atoms. The monoisotopic (exact) mass is 309 g/mol. The first-order chi connectivity index (χ1) is 11.3. The lowest BCUT2D eigenvalue weighted by Gasteiger charge is -2.36. The van der Waals surface area contributed by atoms with Crippen molar-refractivity contribution >= 4 is 5.91 Å². The van der Waals surface area contributed by atoms with Gasteiger partial charge in [0.2, 0.25) is 5.91 Å². The van der Waals surface area contributed by atoms with Crippen LogP contribution in [0, 0.1) is 0 Å². The number of nitrogens with zero attached hydrogens (tertiary/aromatic N) is 3. The van der Waals surface area contributed by atoms with Crippen molar-refractivity contribution in [3.8, 4) is 0 Å². The van der Waals surface area contributed by atoms with Gasteiger partial charge in [-0.05, 0) is 43.2 Å². The molecule has 0 N–H and O–H groups in total. The Balaban J connectivity index is 1.53. The van der Waals surface area contributed by atoms with Crippen LogP contribution in [-0.4, -0.2) is 33.4 Å². The molecule has 23 heavy (non-hydrogen) atoms. The first kappa shape index (κ1) is 14.5. The van der Waals surface area contributed by atoms with Gasteiger partial charge >= 0.3 is 0 Å². The fourth-order valence-corrected chi connectivity index (χ4v) is 4.11. The zero-order chi connectivity index (χ0) is 15.6. The number of carbonyl (C=O) groups excluding carboxylic acids is 1. The fourth-order valence-electron chi connectivity index (χ4n) is 4.11. The molecule has 120 valence electrons. The SMILES string of the molecule is O=C(C1CCCc2ccccc21)N1CCCC(n2ccnc2)C1. The lowest BCUT2D eigenvalue weighted by atomic mass is 9.81. The maximum Gasteiger partial charge on any atom is 0.230 e. The maximum absolute atomic E-state index is 13.1. The van der Waals surface area contributed by atoms with Gasteiger partial charge < -0.3 is 9.47 Å². The molecule has 0 radical (unpaired) electrons. The smallest absolute Gasteiger partial charge is 0.230 e. The Kier molecular flexibility index (Phi) is 3.90. The summed E-state index contributed by atoms with van der Waals surface area (Å²) in [4.78, 5) is 19.4. The quantitative estimate of drug-likeness (QED) is 0.854. The van der Waals surface area contributed by atoms with E-state index in [1.54, 1.807) is 0 Å². The highest BCUT2D eigenvalue weighted by atomic mass is 16.2. The third-order valence-electron chi connectivity index (χ3n) is 5.32. The topological polar surface area (TPSA) is 38.1 Å². The number of hydrogen-bond donors (Lipinski definition) is 0. The number of carbonyl (C=O) groups is 1. The molecule has 1 aromatic heterocycles. The van der Waals surface area contributed by atoms with Crippen molar-refractivity contribution in [2.75, 3.05) is 13.1 Å². The van der Waals surface area contributed by atoms with Gasteiger partial charge in [-0.1, -0.05) is 24.3 Å². The van der Waals surface area contributed by atoms with E-state index in [-0.39, 0.29) is 5.92 Å². The van der Waals surface area contributed by atoms with Gasteiger partial charge in [0.25, 0.3) is 0 Å². The molecule has 1 amide bonds. The van der Waals surface area contributed by atoms with Crippen molar-refractivity contribution in [3.63, 3.8) is 0 Å². The van der Waals surface area contributed by atoms with Crippen LogP contribution in [0.1, 0.15) is 48.8 Å². The molecule has 2 aromatic rings. The summed E-state index contributed by atoms with van der Waals surface area (Å²) in [5, 5.41) is 0. The normalized spacial score (nSPS) is 24.3. The van der Waals surface area contributed by atoms with Gasteiger partial charge in [-0.3, -0.25) is 4.79 Å². The number of likely N-dealkylation sites (tertiary alicyclic amines) is 1. The number of hydrogen-bond acceptors (Lipinski definition) is 2. The minimum atomic E-state index is 0.0569. The fraction of sp³-hybridized carbons (Fsp3) is 0.474. The van der Waals surface area contributed by atoms with Gasteiger partial charge in [-0.25, -0.2) is 4.98 Å². The summed E-state index contributed by atoms with van der Waals surface area (Å²) >= 11 is 0. The highest BCUT2D eigenvalue weighted by Gasteiger charge is 2.32. The molecule has 4 heteroatoms. The maximum atomic E-state index is 13.1. The van der Waals surface area contributed by atoms with E-state index in [2.05, 4.69) is 38.7 Å². The van der Waals surface area contributed by atoms with Crippen LogP contribution in [-0.2, 0) is 11.2 Å². The van der Waals surface area contributed by atoms with Crippen LogP contribution in [0.25, 0.3) is 0 Å². The lowest BCUT2D eigenvalue weighted by Crippen LogP contribution is -2.43. The van der Waals surface area contributed by atoms with Gasteiger partial charge in [0.05, 0.1) is 18.3 Å². The van der Waals surface area contributed by atoms with Gasteiger partial charge in [0.15, 0.2) is 0 Å². The largest absolute Gasteiger partial charge is 0.340 e. The summed E-state index contributed by atoms with van der Waals surface area (Å²) in [6, 6.07) is 8.85. The third kappa shape index (κ3) is 2.78. The number of imidazole rings is 1. The van der Waals surface area contributed by atoms with Gasteiger partial charge in [0, 0.05) is 25.5 Å². The van der Waals surface area contributed by atoms with E-state index < -0.39 is 0 Å². The number of aryl methyl sites for hydroxylation is 1. The number of rotatable bonds is 2. The van der Waals surface area contributed by atoms with Crippen molar-refractivity contribution in [2.24, 2.45) is 0 Å². The van der Waals surface area contributed by atoms with E-state index in [0.717, 1.165) is 45.2 Å². The molecule has 2 aliphatic rings. The molecule has 2 unspecified atom stereocenters. The number of benzene rings is 1. The minimum Gasteiger partial charge on any atom is -0.340 e. The molecule has 0 spiro atoms. The number of fused-ring (bicyclic) bond motifs is 1. The summed E-state index contributed by atoms with van der Waals surface area (Å²) in [5.74, 6) is 0.378. The van der Waals surface area contributed by atoms with E-state index >= 15 is 0 Å². The summed E-state index contributed by atoms with van der Waals surface area (Å²) < 4.78 is 2.15. The molecule has 1 fully saturated rings. The second kappa shape index (κ2) is 6.19. The van der Waals surface area contributed by atoms with E-state index in [1.165, 1.54) is 11.1 Å². The predicted molar refractivity (Wildman–Crippen MR) is 89.2 cm³/mol. The molecule has 1 aliphatic heterocycles. The standard InChI is InChI=1S/C19H23N3O/c23-19(18-9-3-6-15-5-1-2-8-17(15)18)21-11-4-7-16(13-21)22-12-10-20-14-22/h1-2,5,8,10,12,14,16,18H,3-4,6-7,9,11,13H2. The van der Waals surface area contributed by atoms with Crippen LogP contribution in [0.15, 0.2) is 43.0 Å². The summed E-state index contributed by atoms with van der Waals surface area (Å²) in [6.07, 6.45) is 11.1. The lowest BCUT2D eigenvalue weighted by molar-refractivity contribution is -0.134. The molecule has 4 nitrogen and oxygen atoms in total. The van der Waals surface area contributed by atoms with Gasteiger partial charge in [0.1, 0.15) is 0 Å². The number of amides is 1. The molecular formula is C19H23N3O. The zero-order valence-corrected chi connectivity index (χ0v) is 13.4. The Labute approximate surface area is 137 Å². The molecule has 1 aliphatic carbocycles. The first-order valence-corrected chi connectivity index (χ1v) is 8.67. The van der Waals surface area contributed by atoms with Crippen LogP contribution in [0.2, 0.25) is 0 Å². The van der Waals surface area contributed by atoms with Gasteiger partial charge in [-0.2, -0.15) is 0 Å².